The molecule has 1 amide bonds. The fourth-order valence-electron chi connectivity index (χ4n) is 1.46. The van der Waals surface area contributed by atoms with Gasteiger partial charge in [0.1, 0.15) is 17.3 Å². The van der Waals surface area contributed by atoms with Gasteiger partial charge in [-0.15, -0.1) is 0 Å². The molecule has 0 aliphatic heterocycles. The molecule has 4 nitrogen and oxygen atoms in total. The maximum atomic E-state index is 13.5. The summed E-state index contributed by atoms with van der Waals surface area (Å²) in [7, 11) is 2.86. The van der Waals surface area contributed by atoms with Gasteiger partial charge >= 0.3 is 0 Å². The van der Waals surface area contributed by atoms with Crippen molar-refractivity contribution in [2.24, 2.45) is 0 Å². The van der Waals surface area contributed by atoms with E-state index in [1.54, 1.807) is 6.92 Å². The maximum absolute atomic E-state index is 13.5. The lowest BCUT2D eigenvalue weighted by atomic mass is 10.1. The Hall–Kier alpha value is -1.69. The van der Waals surface area contributed by atoms with E-state index in [0.717, 1.165) is 12.1 Å². The highest BCUT2D eigenvalue weighted by Crippen LogP contribution is 2.21. The van der Waals surface area contributed by atoms with Gasteiger partial charge in [-0.3, -0.25) is 4.79 Å². The third kappa shape index (κ3) is 2.76. The molecule has 1 aromatic rings. The number of aliphatic hydroxyl groups is 1. The van der Waals surface area contributed by atoms with Gasteiger partial charge in [-0.2, -0.15) is 0 Å². The predicted octanol–water partition coefficient (Wildman–Crippen LogP) is 1.46. The summed E-state index contributed by atoms with van der Waals surface area (Å²) >= 11 is 0. The van der Waals surface area contributed by atoms with Crippen molar-refractivity contribution in [2.75, 3.05) is 26.0 Å². The zero-order valence-electron chi connectivity index (χ0n) is 10.5. The van der Waals surface area contributed by atoms with Crippen LogP contribution in [0.2, 0.25) is 0 Å². The van der Waals surface area contributed by atoms with Crippen molar-refractivity contribution in [3.05, 3.63) is 29.3 Å². The Kier molecular flexibility index (Phi) is 4.61. The summed E-state index contributed by atoms with van der Waals surface area (Å²) in [4.78, 5) is 13.1. The monoisotopic (exact) mass is 258 g/mol. The Morgan fingerprint density at radius 3 is 2.33 bits per heavy atom. The quantitative estimate of drug-likeness (QED) is 0.859. The number of likely N-dealkylation sites (N-methyl/N-ethyl adjacent to an activating group) is 1. The number of hydrogen-bond donors (Lipinski definition) is 2. The highest BCUT2D eigenvalue weighted by Gasteiger charge is 2.20. The first-order valence-electron chi connectivity index (χ1n) is 5.47. The topological polar surface area (TPSA) is 52.6 Å². The Bertz CT molecular complexity index is 429. The van der Waals surface area contributed by atoms with Gasteiger partial charge in [-0.1, -0.05) is 0 Å². The molecule has 1 rings (SSSR count). The number of carbonyl (C=O) groups is 1. The summed E-state index contributed by atoms with van der Waals surface area (Å²) < 4.78 is 27.0. The normalized spacial score (nSPS) is 12.1. The average Bonchev–Trinajstić information content (AvgIpc) is 2.35. The molecule has 1 aromatic carbocycles. The third-order valence-corrected chi connectivity index (χ3v) is 2.78. The Morgan fingerprint density at radius 2 is 1.94 bits per heavy atom. The van der Waals surface area contributed by atoms with Crippen LogP contribution in [0.4, 0.5) is 14.5 Å². The molecular formula is C12H16F2N2O2. The SMILES string of the molecule is CNc1c(F)cc(C(=O)N(C)C(C)CO)cc1F. The lowest BCUT2D eigenvalue weighted by Crippen LogP contribution is -2.37. The molecule has 1 atom stereocenters. The van der Waals surface area contributed by atoms with Crippen molar-refractivity contribution < 1.29 is 18.7 Å². The van der Waals surface area contributed by atoms with Crippen LogP contribution >= 0.6 is 0 Å². The fraction of sp³-hybridized carbons (Fsp3) is 0.417. The number of hydrogen-bond acceptors (Lipinski definition) is 3. The van der Waals surface area contributed by atoms with Gasteiger partial charge < -0.3 is 15.3 Å². The third-order valence-electron chi connectivity index (χ3n) is 2.78. The van der Waals surface area contributed by atoms with Crippen molar-refractivity contribution in [1.82, 2.24) is 4.90 Å². The smallest absolute Gasteiger partial charge is 0.254 e. The van der Waals surface area contributed by atoms with Crippen molar-refractivity contribution in [2.45, 2.75) is 13.0 Å². The van der Waals surface area contributed by atoms with Gasteiger partial charge in [0.15, 0.2) is 0 Å². The van der Waals surface area contributed by atoms with Crippen LogP contribution in [0, 0.1) is 11.6 Å². The molecule has 0 radical (unpaired) electrons. The summed E-state index contributed by atoms with van der Waals surface area (Å²) in [5.74, 6) is -2.20. The Labute approximate surface area is 104 Å². The molecule has 0 aliphatic carbocycles. The lowest BCUT2D eigenvalue weighted by molar-refractivity contribution is 0.0681. The van der Waals surface area contributed by atoms with E-state index in [9.17, 15) is 13.6 Å². The molecule has 18 heavy (non-hydrogen) atoms. The maximum Gasteiger partial charge on any atom is 0.254 e. The first kappa shape index (κ1) is 14.4. The van der Waals surface area contributed by atoms with Crippen LogP contribution in [0.15, 0.2) is 12.1 Å². The summed E-state index contributed by atoms with van der Waals surface area (Å²) in [6.07, 6.45) is 0. The number of nitrogens with one attached hydrogen (secondary N) is 1. The standard InChI is InChI=1S/C12H16F2N2O2/c1-7(6-17)16(3)12(18)8-4-9(13)11(15-2)10(14)5-8/h4-5,7,15,17H,6H2,1-3H3. The van der Waals surface area contributed by atoms with Crippen LogP contribution in [0.3, 0.4) is 0 Å². The molecule has 0 saturated carbocycles. The highest BCUT2D eigenvalue weighted by atomic mass is 19.1. The van der Waals surface area contributed by atoms with Gasteiger partial charge in [0.25, 0.3) is 5.91 Å². The number of halogens is 2. The summed E-state index contributed by atoms with van der Waals surface area (Å²) in [5.41, 5.74) is -0.365. The van der Waals surface area contributed by atoms with Crippen LogP contribution < -0.4 is 5.32 Å². The van der Waals surface area contributed by atoms with Crippen LogP contribution in [-0.4, -0.2) is 42.7 Å². The van der Waals surface area contributed by atoms with E-state index in [0.29, 0.717) is 0 Å². The van der Waals surface area contributed by atoms with Crippen molar-refractivity contribution >= 4 is 11.6 Å². The molecule has 0 aliphatic rings. The van der Waals surface area contributed by atoms with E-state index in [1.807, 2.05) is 0 Å². The zero-order valence-corrected chi connectivity index (χ0v) is 10.5. The van der Waals surface area contributed by atoms with E-state index < -0.39 is 23.6 Å². The average molecular weight is 258 g/mol. The van der Waals surface area contributed by atoms with E-state index in [1.165, 1.54) is 19.0 Å². The molecule has 0 fully saturated rings. The number of nitrogens with zero attached hydrogens (tertiary/aromatic N) is 1. The molecule has 6 heteroatoms. The molecule has 100 valence electrons. The predicted molar refractivity (Wildman–Crippen MR) is 64.5 cm³/mol. The van der Waals surface area contributed by atoms with Crippen LogP contribution in [0.5, 0.6) is 0 Å². The number of benzene rings is 1. The van der Waals surface area contributed by atoms with Crippen molar-refractivity contribution in [3.8, 4) is 0 Å². The molecule has 0 heterocycles. The first-order chi connectivity index (χ1) is 8.42. The van der Waals surface area contributed by atoms with Crippen molar-refractivity contribution in [1.29, 1.82) is 0 Å². The molecule has 0 aromatic heterocycles. The van der Waals surface area contributed by atoms with Crippen molar-refractivity contribution in [3.63, 3.8) is 0 Å². The molecule has 0 bridgehead atoms. The van der Waals surface area contributed by atoms with Gasteiger partial charge in [-0.05, 0) is 19.1 Å². The number of carbonyl (C=O) groups excluding carboxylic acids is 1. The van der Waals surface area contributed by atoms with Gasteiger partial charge in [0.2, 0.25) is 0 Å². The summed E-state index contributed by atoms with van der Waals surface area (Å²) in [6, 6.07) is 1.52. The largest absolute Gasteiger partial charge is 0.394 e. The minimum atomic E-state index is -0.828. The Balaban J connectivity index is 3.08. The fourth-order valence-corrected chi connectivity index (χ4v) is 1.46. The van der Waals surface area contributed by atoms with Gasteiger partial charge in [0.05, 0.1) is 12.6 Å². The molecule has 1 unspecified atom stereocenters. The Morgan fingerprint density at radius 1 is 1.44 bits per heavy atom. The lowest BCUT2D eigenvalue weighted by Gasteiger charge is -2.23. The van der Waals surface area contributed by atoms with Crippen LogP contribution in [-0.2, 0) is 0 Å². The van der Waals surface area contributed by atoms with Gasteiger partial charge in [-0.25, -0.2) is 8.78 Å². The second-order valence-corrected chi connectivity index (χ2v) is 4.01. The van der Waals surface area contributed by atoms with E-state index >= 15 is 0 Å². The van der Waals surface area contributed by atoms with Gasteiger partial charge in [0, 0.05) is 19.7 Å². The number of anilines is 1. The highest BCUT2D eigenvalue weighted by molar-refractivity contribution is 5.94. The number of amides is 1. The zero-order chi connectivity index (χ0) is 13.9. The van der Waals surface area contributed by atoms with E-state index in [4.69, 9.17) is 5.11 Å². The van der Waals surface area contributed by atoms with E-state index in [2.05, 4.69) is 5.32 Å². The molecular weight excluding hydrogens is 242 g/mol. The second-order valence-electron chi connectivity index (χ2n) is 4.01. The number of rotatable bonds is 4. The minimum Gasteiger partial charge on any atom is -0.394 e. The van der Waals surface area contributed by atoms with Crippen LogP contribution in [0.25, 0.3) is 0 Å². The summed E-state index contributed by atoms with van der Waals surface area (Å²) in [6.45, 7) is 1.41. The molecule has 0 saturated heterocycles. The second kappa shape index (κ2) is 5.77. The summed E-state index contributed by atoms with van der Waals surface area (Å²) in [5, 5.41) is 11.3. The first-order valence-corrected chi connectivity index (χ1v) is 5.47. The number of aliphatic hydroxyl groups excluding tert-OH is 1. The van der Waals surface area contributed by atoms with E-state index in [-0.39, 0.29) is 17.9 Å². The molecule has 2 N–H and O–H groups in total. The minimum absolute atomic E-state index is 0.0909. The van der Waals surface area contributed by atoms with Crippen LogP contribution in [0.1, 0.15) is 17.3 Å². The molecule has 0 spiro atoms.